The number of ether oxygens (including phenoxy) is 2. The van der Waals surface area contributed by atoms with E-state index in [-0.39, 0.29) is 5.91 Å². The summed E-state index contributed by atoms with van der Waals surface area (Å²) in [6, 6.07) is 15.4. The second kappa shape index (κ2) is 8.22. The molecule has 4 heteroatoms. The molecule has 1 N–H and O–H groups in total. The van der Waals surface area contributed by atoms with Gasteiger partial charge in [-0.15, -0.1) is 0 Å². The van der Waals surface area contributed by atoms with E-state index in [0.29, 0.717) is 6.54 Å². The summed E-state index contributed by atoms with van der Waals surface area (Å²) in [5, 5.41) is 2.89. The lowest BCUT2D eigenvalue weighted by Gasteiger charge is -2.17. The summed E-state index contributed by atoms with van der Waals surface area (Å²) in [6.07, 6.45) is 0.309. The standard InChI is InChI=1S/C19H23NO3/c1-4-15-9-5-8-12-18(15)23-14(2)19(21)20-13-16-10-6-7-11-17(16)22-3/h5-12,14H,4,13H2,1-3H3,(H,20,21)/t14-/m1/s1. The molecule has 1 amide bonds. The van der Waals surface area contributed by atoms with Gasteiger partial charge in [0.05, 0.1) is 7.11 Å². The average molecular weight is 313 g/mol. The van der Waals surface area contributed by atoms with Gasteiger partial charge in [-0.3, -0.25) is 4.79 Å². The van der Waals surface area contributed by atoms with Gasteiger partial charge < -0.3 is 14.8 Å². The summed E-state index contributed by atoms with van der Waals surface area (Å²) in [6.45, 7) is 4.23. The van der Waals surface area contributed by atoms with E-state index >= 15 is 0 Å². The van der Waals surface area contributed by atoms with E-state index in [9.17, 15) is 4.79 Å². The Hall–Kier alpha value is -2.49. The van der Waals surface area contributed by atoms with Gasteiger partial charge in [-0.1, -0.05) is 43.3 Å². The Balaban J connectivity index is 1.95. The van der Waals surface area contributed by atoms with Crippen LogP contribution in [0, 0.1) is 0 Å². The highest BCUT2D eigenvalue weighted by Gasteiger charge is 2.16. The molecule has 0 saturated heterocycles. The predicted molar refractivity (Wildman–Crippen MR) is 90.8 cm³/mol. The van der Waals surface area contributed by atoms with Crippen molar-refractivity contribution in [1.82, 2.24) is 5.32 Å². The zero-order valence-electron chi connectivity index (χ0n) is 13.8. The molecule has 2 aromatic rings. The summed E-state index contributed by atoms with van der Waals surface area (Å²) in [5.41, 5.74) is 2.03. The van der Waals surface area contributed by atoms with E-state index < -0.39 is 6.10 Å². The van der Waals surface area contributed by atoms with Gasteiger partial charge in [0, 0.05) is 12.1 Å². The van der Waals surface area contributed by atoms with Crippen molar-refractivity contribution in [1.29, 1.82) is 0 Å². The maximum atomic E-state index is 12.2. The number of rotatable bonds is 7. The highest BCUT2D eigenvalue weighted by atomic mass is 16.5. The minimum absolute atomic E-state index is 0.151. The number of carbonyl (C=O) groups excluding carboxylic acids is 1. The third-order valence-electron chi connectivity index (χ3n) is 3.67. The third kappa shape index (κ3) is 4.49. The Labute approximate surface area is 137 Å². The number of hydrogen-bond donors (Lipinski definition) is 1. The van der Waals surface area contributed by atoms with Gasteiger partial charge in [-0.05, 0) is 31.0 Å². The fourth-order valence-corrected chi connectivity index (χ4v) is 2.33. The zero-order chi connectivity index (χ0) is 16.7. The fraction of sp³-hybridized carbons (Fsp3) is 0.316. The molecule has 122 valence electrons. The second-order valence-electron chi connectivity index (χ2n) is 5.25. The molecule has 0 spiro atoms. The normalized spacial score (nSPS) is 11.6. The number of benzene rings is 2. The molecule has 2 aromatic carbocycles. The molecule has 2 rings (SSSR count). The Morgan fingerprint density at radius 1 is 1.04 bits per heavy atom. The van der Waals surface area contributed by atoms with Crippen molar-refractivity contribution in [3.8, 4) is 11.5 Å². The zero-order valence-corrected chi connectivity index (χ0v) is 13.8. The molecule has 0 aliphatic carbocycles. The van der Waals surface area contributed by atoms with Crippen molar-refractivity contribution >= 4 is 5.91 Å². The molecular weight excluding hydrogens is 290 g/mol. The predicted octanol–water partition coefficient (Wildman–Crippen LogP) is 3.34. The molecule has 0 radical (unpaired) electrons. The van der Waals surface area contributed by atoms with Gasteiger partial charge in [0.25, 0.3) is 5.91 Å². The summed E-state index contributed by atoms with van der Waals surface area (Å²) in [5.74, 6) is 1.37. The van der Waals surface area contributed by atoms with E-state index in [1.165, 1.54) is 0 Å². The second-order valence-corrected chi connectivity index (χ2v) is 5.25. The molecule has 0 saturated carbocycles. The fourth-order valence-electron chi connectivity index (χ4n) is 2.33. The van der Waals surface area contributed by atoms with Crippen LogP contribution in [-0.4, -0.2) is 19.1 Å². The van der Waals surface area contributed by atoms with Crippen molar-refractivity contribution in [2.45, 2.75) is 32.9 Å². The van der Waals surface area contributed by atoms with Crippen molar-refractivity contribution in [3.05, 3.63) is 59.7 Å². The van der Waals surface area contributed by atoms with Crippen LogP contribution in [-0.2, 0) is 17.8 Å². The van der Waals surface area contributed by atoms with Crippen LogP contribution in [0.25, 0.3) is 0 Å². The summed E-state index contributed by atoms with van der Waals surface area (Å²) < 4.78 is 11.1. The molecule has 0 aromatic heterocycles. The minimum atomic E-state index is -0.558. The first kappa shape index (κ1) is 16.9. The Morgan fingerprint density at radius 2 is 1.65 bits per heavy atom. The van der Waals surface area contributed by atoms with Gasteiger partial charge in [0.1, 0.15) is 11.5 Å². The van der Waals surface area contributed by atoms with Crippen LogP contribution in [0.3, 0.4) is 0 Å². The van der Waals surface area contributed by atoms with Crippen LogP contribution >= 0.6 is 0 Å². The van der Waals surface area contributed by atoms with Crippen LogP contribution < -0.4 is 14.8 Å². The maximum Gasteiger partial charge on any atom is 0.261 e. The molecule has 1 atom stereocenters. The summed E-state index contributed by atoms with van der Waals surface area (Å²) in [4.78, 5) is 12.2. The number of carbonyl (C=O) groups is 1. The first-order valence-electron chi connectivity index (χ1n) is 7.79. The largest absolute Gasteiger partial charge is 0.496 e. The molecule has 0 aliphatic heterocycles. The summed E-state index contributed by atoms with van der Waals surface area (Å²) >= 11 is 0. The number of aryl methyl sites for hydroxylation is 1. The van der Waals surface area contributed by atoms with E-state index in [4.69, 9.17) is 9.47 Å². The molecule has 0 heterocycles. The maximum absolute atomic E-state index is 12.2. The van der Waals surface area contributed by atoms with Crippen LogP contribution in [0.2, 0.25) is 0 Å². The van der Waals surface area contributed by atoms with Crippen molar-refractivity contribution < 1.29 is 14.3 Å². The smallest absolute Gasteiger partial charge is 0.261 e. The third-order valence-corrected chi connectivity index (χ3v) is 3.67. The Morgan fingerprint density at radius 3 is 2.30 bits per heavy atom. The molecule has 0 bridgehead atoms. The molecule has 23 heavy (non-hydrogen) atoms. The number of para-hydroxylation sites is 2. The average Bonchev–Trinajstić information content (AvgIpc) is 2.60. The van der Waals surface area contributed by atoms with Crippen molar-refractivity contribution in [2.24, 2.45) is 0 Å². The van der Waals surface area contributed by atoms with Gasteiger partial charge in [0.2, 0.25) is 0 Å². The van der Waals surface area contributed by atoms with E-state index in [1.807, 2.05) is 48.5 Å². The van der Waals surface area contributed by atoms with E-state index in [2.05, 4.69) is 12.2 Å². The number of hydrogen-bond acceptors (Lipinski definition) is 3. The molecule has 0 aliphatic rings. The number of methoxy groups -OCH3 is 1. The molecule has 0 unspecified atom stereocenters. The van der Waals surface area contributed by atoms with E-state index in [0.717, 1.165) is 29.0 Å². The number of amides is 1. The lowest BCUT2D eigenvalue weighted by atomic mass is 10.1. The van der Waals surface area contributed by atoms with Gasteiger partial charge in [0.15, 0.2) is 6.10 Å². The monoisotopic (exact) mass is 313 g/mol. The van der Waals surface area contributed by atoms with Crippen molar-refractivity contribution in [2.75, 3.05) is 7.11 Å². The highest BCUT2D eigenvalue weighted by molar-refractivity contribution is 5.80. The van der Waals surface area contributed by atoms with Crippen LogP contribution in [0.5, 0.6) is 11.5 Å². The Bertz CT molecular complexity index is 655. The van der Waals surface area contributed by atoms with E-state index in [1.54, 1.807) is 14.0 Å². The first-order chi connectivity index (χ1) is 11.2. The molecular formula is C19H23NO3. The van der Waals surface area contributed by atoms with Gasteiger partial charge >= 0.3 is 0 Å². The minimum Gasteiger partial charge on any atom is -0.496 e. The van der Waals surface area contributed by atoms with Crippen LogP contribution in [0.1, 0.15) is 25.0 Å². The topological polar surface area (TPSA) is 47.6 Å². The van der Waals surface area contributed by atoms with Gasteiger partial charge in [-0.25, -0.2) is 0 Å². The highest BCUT2D eigenvalue weighted by Crippen LogP contribution is 2.20. The SMILES string of the molecule is CCc1ccccc1O[C@H](C)C(=O)NCc1ccccc1OC. The van der Waals surface area contributed by atoms with Crippen molar-refractivity contribution in [3.63, 3.8) is 0 Å². The molecule has 0 fully saturated rings. The number of nitrogens with one attached hydrogen (secondary N) is 1. The lowest BCUT2D eigenvalue weighted by Crippen LogP contribution is -2.36. The van der Waals surface area contributed by atoms with Crippen LogP contribution in [0.4, 0.5) is 0 Å². The Kier molecular flexibility index (Phi) is 6.03. The lowest BCUT2D eigenvalue weighted by molar-refractivity contribution is -0.127. The van der Waals surface area contributed by atoms with Gasteiger partial charge in [-0.2, -0.15) is 0 Å². The quantitative estimate of drug-likeness (QED) is 0.853. The first-order valence-corrected chi connectivity index (χ1v) is 7.79. The van der Waals surface area contributed by atoms with Crippen LogP contribution in [0.15, 0.2) is 48.5 Å². The molecule has 4 nitrogen and oxygen atoms in total. The summed E-state index contributed by atoms with van der Waals surface area (Å²) in [7, 11) is 1.62.